The Bertz CT molecular complexity index is 357. The van der Waals surface area contributed by atoms with E-state index in [-0.39, 0.29) is 5.48 Å². The van der Waals surface area contributed by atoms with Crippen LogP contribution in [0.2, 0.25) is 0 Å². The van der Waals surface area contributed by atoms with Gasteiger partial charge in [-0.3, -0.25) is 4.98 Å². The van der Waals surface area contributed by atoms with E-state index in [4.69, 9.17) is 5.21 Å². The Balaban J connectivity index is 0.000000605. The van der Waals surface area contributed by atoms with Gasteiger partial charge in [-0.15, -0.1) is 5.10 Å². The maximum atomic E-state index is 8.98. The molecule has 11 heavy (non-hydrogen) atoms. The molecular formula is C6H7N3O2. The largest absolute Gasteiger partial charge is 0.412 e. The molecule has 3 N–H and O–H groups in total. The van der Waals surface area contributed by atoms with Gasteiger partial charge in [0.2, 0.25) is 0 Å². The first kappa shape index (κ1) is 7.49. The third-order valence-electron chi connectivity index (χ3n) is 1.32. The average molecular weight is 153 g/mol. The van der Waals surface area contributed by atoms with Crippen LogP contribution in [0.4, 0.5) is 0 Å². The molecule has 0 aliphatic heterocycles. The Kier molecular flexibility index (Phi) is 1.74. The number of hydrogen-bond acceptors (Lipinski definition) is 3. The molecule has 0 spiro atoms. The molecule has 0 bridgehead atoms. The summed E-state index contributed by atoms with van der Waals surface area (Å²) < 4.78 is 0. The molecule has 58 valence electrons. The first-order chi connectivity index (χ1) is 4.88. The van der Waals surface area contributed by atoms with Crippen LogP contribution in [-0.4, -0.2) is 25.6 Å². The van der Waals surface area contributed by atoms with E-state index in [9.17, 15) is 0 Å². The van der Waals surface area contributed by atoms with Gasteiger partial charge in [-0.05, 0) is 12.1 Å². The molecule has 0 fully saturated rings. The summed E-state index contributed by atoms with van der Waals surface area (Å²) in [5.41, 5.74) is 1.33. The summed E-state index contributed by atoms with van der Waals surface area (Å²) in [5, 5.41) is 12.6. The van der Waals surface area contributed by atoms with Crippen LogP contribution in [0.15, 0.2) is 24.5 Å². The van der Waals surface area contributed by atoms with E-state index in [1.165, 1.54) is 6.20 Å². The number of rotatable bonds is 0. The summed E-state index contributed by atoms with van der Waals surface area (Å²) in [7, 11) is 0. The van der Waals surface area contributed by atoms with E-state index in [1.807, 2.05) is 0 Å². The van der Waals surface area contributed by atoms with E-state index < -0.39 is 0 Å². The van der Waals surface area contributed by atoms with Crippen molar-refractivity contribution in [3.8, 4) is 0 Å². The van der Waals surface area contributed by atoms with Crippen molar-refractivity contribution < 1.29 is 10.7 Å². The third kappa shape index (κ3) is 1.01. The van der Waals surface area contributed by atoms with Crippen LogP contribution >= 0.6 is 0 Å². The molecule has 2 heterocycles. The van der Waals surface area contributed by atoms with Crippen molar-refractivity contribution in [3.63, 3.8) is 0 Å². The van der Waals surface area contributed by atoms with Crippen molar-refractivity contribution in [3.05, 3.63) is 24.5 Å². The minimum Gasteiger partial charge on any atom is -0.412 e. The lowest BCUT2D eigenvalue weighted by Crippen LogP contribution is -1.90. The summed E-state index contributed by atoms with van der Waals surface area (Å²) in [6, 6.07) is 3.49. The fourth-order valence-electron chi connectivity index (χ4n) is 0.849. The zero-order valence-corrected chi connectivity index (χ0v) is 5.60. The summed E-state index contributed by atoms with van der Waals surface area (Å²) in [5.74, 6) is 0. The Morgan fingerprint density at radius 3 is 3.00 bits per heavy atom. The van der Waals surface area contributed by atoms with Crippen molar-refractivity contribution in [2.45, 2.75) is 0 Å². The van der Waals surface area contributed by atoms with E-state index in [2.05, 4.69) is 10.1 Å². The van der Waals surface area contributed by atoms with E-state index >= 15 is 0 Å². The highest BCUT2D eigenvalue weighted by Crippen LogP contribution is 2.06. The molecule has 0 aliphatic rings. The zero-order chi connectivity index (χ0) is 6.97. The molecular weight excluding hydrogens is 146 g/mol. The molecule has 0 radical (unpaired) electrons. The molecule has 0 saturated heterocycles. The summed E-state index contributed by atoms with van der Waals surface area (Å²) in [4.78, 5) is 4.77. The van der Waals surface area contributed by atoms with E-state index in [0.29, 0.717) is 11.0 Å². The van der Waals surface area contributed by atoms with Gasteiger partial charge in [0.25, 0.3) is 0 Å². The van der Waals surface area contributed by atoms with Crippen LogP contribution in [0.3, 0.4) is 0 Å². The molecule has 0 atom stereocenters. The normalized spacial score (nSPS) is 9.45. The SMILES string of the molecule is O.On1ncc2ncccc21. The fourth-order valence-corrected chi connectivity index (χ4v) is 0.849. The van der Waals surface area contributed by atoms with Crippen LogP contribution in [0.5, 0.6) is 0 Å². The standard InChI is InChI=1S/C6H5N3O.H2O/c10-9-6-2-1-3-7-5(6)4-8-9;/h1-4,10H;1H2. The van der Waals surface area contributed by atoms with Gasteiger partial charge >= 0.3 is 0 Å². The molecule has 0 aromatic carbocycles. The Morgan fingerprint density at radius 2 is 2.27 bits per heavy atom. The predicted octanol–water partition coefficient (Wildman–Crippen LogP) is -0.156. The second-order valence-electron chi connectivity index (χ2n) is 1.94. The predicted molar refractivity (Wildman–Crippen MR) is 38.3 cm³/mol. The Morgan fingerprint density at radius 1 is 1.45 bits per heavy atom. The topological polar surface area (TPSA) is 82.4 Å². The molecule has 0 amide bonds. The highest BCUT2D eigenvalue weighted by atomic mass is 16.5. The Hall–Kier alpha value is -1.62. The molecule has 2 aromatic heterocycles. The second kappa shape index (κ2) is 2.55. The molecule has 5 nitrogen and oxygen atoms in total. The third-order valence-corrected chi connectivity index (χ3v) is 1.32. The minimum absolute atomic E-state index is 0. The summed E-state index contributed by atoms with van der Waals surface area (Å²) >= 11 is 0. The molecule has 5 heteroatoms. The lowest BCUT2D eigenvalue weighted by Gasteiger charge is -1.87. The van der Waals surface area contributed by atoms with Crippen LogP contribution < -0.4 is 0 Å². The molecule has 0 aliphatic carbocycles. The quantitative estimate of drug-likeness (QED) is 0.534. The minimum atomic E-state index is 0. The maximum absolute atomic E-state index is 8.98. The van der Waals surface area contributed by atoms with Gasteiger partial charge in [-0.25, -0.2) is 0 Å². The van der Waals surface area contributed by atoms with Crippen molar-refractivity contribution >= 4 is 11.0 Å². The first-order valence-electron chi connectivity index (χ1n) is 2.86. The highest BCUT2D eigenvalue weighted by Gasteiger charge is 1.97. The van der Waals surface area contributed by atoms with Gasteiger partial charge in [-0.2, -0.15) is 0 Å². The molecule has 2 rings (SSSR count). The van der Waals surface area contributed by atoms with Crippen molar-refractivity contribution in [2.24, 2.45) is 0 Å². The van der Waals surface area contributed by atoms with E-state index in [1.54, 1.807) is 18.3 Å². The number of nitrogens with zero attached hydrogens (tertiary/aromatic N) is 3. The second-order valence-corrected chi connectivity index (χ2v) is 1.94. The van der Waals surface area contributed by atoms with Crippen molar-refractivity contribution in [1.29, 1.82) is 0 Å². The van der Waals surface area contributed by atoms with Crippen LogP contribution in [0.1, 0.15) is 0 Å². The van der Waals surface area contributed by atoms with Gasteiger partial charge < -0.3 is 10.7 Å². The lowest BCUT2D eigenvalue weighted by molar-refractivity contribution is 0.161. The van der Waals surface area contributed by atoms with E-state index in [0.717, 1.165) is 4.85 Å². The van der Waals surface area contributed by atoms with Crippen molar-refractivity contribution in [2.75, 3.05) is 0 Å². The number of aromatic nitrogens is 3. The average Bonchev–Trinajstić information content (AvgIpc) is 2.34. The summed E-state index contributed by atoms with van der Waals surface area (Å²) in [6.07, 6.45) is 3.17. The molecule has 2 aromatic rings. The van der Waals surface area contributed by atoms with Gasteiger partial charge in [-0.1, -0.05) is 4.85 Å². The maximum Gasteiger partial charge on any atom is 0.128 e. The van der Waals surface area contributed by atoms with Crippen LogP contribution in [-0.2, 0) is 0 Å². The monoisotopic (exact) mass is 153 g/mol. The lowest BCUT2D eigenvalue weighted by atomic mass is 10.4. The molecule has 0 unspecified atom stereocenters. The number of fused-ring (bicyclic) bond motifs is 1. The summed E-state index contributed by atoms with van der Waals surface area (Å²) in [6.45, 7) is 0. The van der Waals surface area contributed by atoms with Gasteiger partial charge in [0, 0.05) is 6.20 Å². The zero-order valence-electron chi connectivity index (χ0n) is 5.60. The highest BCUT2D eigenvalue weighted by molar-refractivity contribution is 5.72. The number of pyridine rings is 1. The number of hydrogen-bond donors (Lipinski definition) is 1. The molecule has 0 saturated carbocycles. The van der Waals surface area contributed by atoms with Crippen molar-refractivity contribution in [1.82, 2.24) is 14.9 Å². The van der Waals surface area contributed by atoms with Crippen LogP contribution in [0.25, 0.3) is 11.0 Å². The first-order valence-corrected chi connectivity index (χ1v) is 2.86. The van der Waals surface area contributed by atoms with Gasteiger partial charge in [0.05, 0.1) is 6.20 Å². The van der Waals surface area contributed by atoms with Gasteiger partial charge in [0.15, 0.2) is 0 Å². The van der Waals surface area contributed by atoms with Gasteiger partial charge in [0.1, 0.15) is 11.0 Å². The Labute approximate surface area is 62.2 Å². The smallest absolute Gasteiger partial charge is 0.128 e. The van der Waals surface area contributed by atoms with Crippen LogP contribution in [0, 0.1) is 0 Å². The fraction of sp³-hybridized carbons (Fsp3) is 0.